The Morgan fingerprint density at radius 1 is 0.844 bits per heavy atom. The van der Waals surface area contributed by atoms with Crippen LogP contribution in [-0.2, 0) is 10.0 Å². The molecule has 162 valence electrons. The number of fused-ring (bicyclic) bond motifs is 1. The minimum atomic E-state index is -3.77. The number of primary sulfonamides is 1. The normalized spacial score (nSPS) is 12.8. The summed E-state index contributed by atoms with van der Waals surface area (Å²) in [5.41, 5.74) is 7.23. The van der Waals surface area contributed by atoms with Crippen LogP contribution in [0.25, 0.3) is 28.1 Å². The summed E-state index contributed by atoms with van der Waals surface area (Å²) < 4.78 is 36.7. The maximum atomic E-state index is 11.7. The molecule has 7 heteroatoms. The molecule has 32 heavy (non-hydrogen) atoms. The van der Waals surface area contributed by atoms with Crippen molar-refractivity contribution >= 4 is 10.0 Å². The van der Waals surface area contributed by atoms with Crippen molar-refractivity contribution in [2.24, 2.45) is 5.14 Å². The Morgan fingerprint density at radius 3 is 2.22 bits per heavy atom. The van der Waals surface area contributed by atoms with E-state index in [0.717, 1.165) is 45.1 Å². The Bertz CT molecular complexity index is 1420. The molecule has 2 heterocycles. The number of nitrogens with zero attached hydrogens (tertiary/aromatic N) is 1. The summed E-state index contributed by atoms with van der Waals surface area (Å²) >= 11 is 0. The summed E-state index contributed by atoms with van der Waals surface area (Å²) in [6.45, 7) is 4.38. The fourth-order valence-corrected chi connectivity index (χ4v) is 4.88. The average Bonchev–Trinajstić information content (AvgIpc) is 3.35. The Hall–Kier alpha value is -3.55. The molecule has 0 amide bonds. The first kappa shape index (κ1) is 20.4. The first-order chi connectivity index (χ1) is 15.3. The van der Waals surface area contributed by atoms with Gasteiger partial charge in [-0.1, -0.05) is 30.3 Å². The number of ether oxygens (including phenoxy) is 2. The van der Waals surface area contributed by atoms with Crippen LogP contribution in [0.15, 0.2) is 77.7 Å². The van der Waals surface area contributed by atoms with Gasteiger partial charge < -0.3 is 14.0 Å². The van der Waals surface area contributed by atoms with Gasteiger partial charge in [0.2, 0.25) is 16.8 Å². The third kappa shape index (κ3) is 3.36. The van der Waals surface area contributed by atoms with Crippen LogP contribution in [0.5, 0.6) is 11.5 Å². The molecule has 2 N–H and O–H groups in total. The predicted octanol–water partition coefficient (Wildman–Crippen LogP) is 4.80. The van der Waals surface area contributed by atoms with E-state index in [1.165, 1.54) is 12.1 Å². The Morgan fingerprint density at radius 2 is 1.53 bits per heavy atom. The van der Waals surface area contributed by atoms with Gasteiger partial charge in [-0.25, -0.2) is 13.6 Å². The zero-order valence-electron chi connectivity index (χ0n) is 17.7. The van der Waals surface area contributed by atoms with Gasteiger partial charge in [0, 0.05) is 22.5 Å². The molecule has 0 saturated carbocycles. The number of benzene rings is 3. The zero-order chi connectivity index (χ0) is 22.5. The van der Waals surface area contributed by atoms with Crippen molar-refractivity contribution in [3.8, 4) is 39.6 Å². The van der Waals surface area contributed by atoms with Crippen LogP contribution in [0.3, 0.4) is 0 Å². The molecule has 0 unspecified atom stereocenters. The molecule has 0 spiro atoms. The lowest BCUT2D eigenvalue weighted by molar-refractivity contribution is 0.174. The van der Waals surface area contributed by atoms with Crippen molar-refractivity contribution in [1.29, 1.82) is 0 Å². The van der Waals surface area contributed by atoms with E-state index in [9.17, 15) is 8.42 Å². The van der Waals surface area contributed by atoms with E-state index in [4.69, 9.17) is 14.6 Å². The molecule has 6 nitrogen and oxygen atoms in total. The minimum Gasteiger partial charge on any atom is -0.454 e. The molecular weight excluding hydrogens is 424 g/mol. The van der Waals surface area contributed by atoms with Gasteiger partial charge in [-0.15, -0.1) is 0 Å². The summed E-state index contributed by atoms with van der Waals surface area (Å²) in [7, 11) is -3.77. The molecule has 0 fully saturated rings. The van der Waals surface area contributed by atoms with Gasteiger partial charge in [-0.05, 0) is 67.4 Å². The van der Waals surface area contributed by atoms with E-state index in [0.29, 0.717) is 5.75 Å². The molecule has 0 atom stereocenters. The first-order valence-corrected chi connectivity index (χ1v) is 11.7. The second-order valence-electron chi connectivity index (χ2n) is 7.74. The quantitative estimate of drug-likeness (QED) is 0.488. The van der Waals surface area contributed by atoms with Gasteiger partial charge in [0.1, 0.15) is 0 Å². The van der Waals surface area contributed by atoms with Crippen molar-refractivity contribution in [2.75, 3.05) is 6.79 Å². The summed E-state index contributed by atoms with van der Waals surface area (Å²) in [6.07, 6.45) is 0. The van der Waals surface area contributed by atoms with E-state index < -0.39 is 10.0 Å². The summed E-state index contributed by atoms with van der Waals surface area (Å²) in [5, 5.41) is 5.29. The number of hydrogen-bond acceptors (Lipinski definition) is 4. The molecular formula is C25H22N2O4S. The van der Waals surface area contributed by atoms with Crippen LogP contribution in [0.2, 0.25) is 0 Å². The van der Waals surface area contributed by atoms with Crippen LogP contribution >= 0.6 is 0 Å². The van der Waals surface area contributed by atoms with E-state index in [-0.39, 0.29) is 11.7 Å². The van der Waals surface area contributed by atoms with Gasteiger partial charge in [0.15, 0.2) is 11.5 Å². The third-order valence-corrected chi connectivity index (χ3v) is 6.71. The van der Waals surface area contributed by atoms with Gasteiger partial charge in [-0.3, -0.25) is 0 Å². The second-order valence-corrected chi connectivity index (χ2v) is 9.30. The highest BCUT2D eigenvalue weighted by Gasteiger charge is 2.23. The van der Waals surface area contributed by atoms with Gasteiger partial charge >= 0.3 is 0 Å². The van der Waals surface area contributed by atoms with Gasteiger partial charge in [-0.2, -0.15) is 0 Å². The fraction of sp³-hybridized carbons (Fsp3) is 0.120. The lowest BCUT2D eigenvalue weighted by Crippen LogP contribution is -2.12. The van der Waals surface area contributed by atoms with Crippen LogP contribution in [0, 0.1) is 13.8 Å². The molecule has 3 aromatic carbocycles. The SMILES string of the molecule is Cc1c(-c2ccccc2)c(C)n(-c2ccc(S(N)(=O)=O)cc2)c1-c1ccc2c(c1)OCO2. The van der Waals surface area contributed by atoms with Gasteiger partial charge in [0.05, 0.1) is 10.6 Å². The van der Waals surface area contributed by atoms with E-state index >= 15 is 0 Å². The first-order valence-electron chi connectivity index (χ1n) is 10.1. The highest BCUT2D eigenvalue weighted by Crippen LogP contribution is 2.42. The smallest absolute Gasteiger partial charge is 0.238 e. The van der Waals surface area contributed by atoms with Crippen molar-refractivity contribution < 1.29 is 17.9 Å². The molecule has 5 rings (SSSR count). The van der Waals surface area contributed by atoms with Crippen LogP contribution in [0.4, 0.5) is 0 Å². The second kappa shape index (κ2) is 7.55. The Labute approximate surface area is 186 Å². The average molecular weight is 447 g/mol. The van der Waals surface area contributed by atoms with Crippen LogP contribution < -0.4 is 14.6 Å². The maximum absolute atomic E-state index is 11.7. The molecule has 1 aliphatic heterocycles. The van der Waals surface area contributed by atoms with Crippen molar-refractivity contribution in [3.63, 3.8) is 0 Å². The molecule has 0 aliphatic carbocycles. The standard InChI is InChI=1S/C25H22N2O4S/c1-16-24(18-6-4-3-5-7-18)17(2)27(20-9-11-21(12-10-20)32(26,28)29)25(16)19-8-13-22-23(14-19)31-15-30-22/h3-14H,15H2,1-2H3,(H2,26,28,29). The predicted molar refractivity (Wildman–Crippen MR) is 124 cm³/mol. The maximum Gasteiger partial charge on any atom is 0.238 e. The Balaban J connectivity index is 1.77. The number of rotatable bonds is 4. The zero-order valence-corrected chi connectivity index (χ0v) is 18.5. The third-order valence-electron chi connectivity index (χ3n) is 5.78. The number of sulfonamides is 1. The highest BCUT2D eigenvalue weighted by molar-refractivity contribution is 7.89. The molecule has 0 radical (unpaired) electrons. The van der Waals surface area contributed by atoms with Crippen LogP contribution in [-0.4, -0.2) is 19.8 Å². The van der Waals surface area contributed by atoms with Crippen molar-refractivity contribution in [2.45, 2.75) is 18.7 Å². The van der Waals surface area contributed by atoms with Gasteiger partial charge in [0.25, 0.3) is 0 Å². The minimum absolute atomic E-state index is 0.0793. The lowest BCUT2D eigenvalue weighted by Gasteiger charge is -2.14. The van der Waals surface area contributed by atoms with E-state index in [2.05, 4.69) is 30.5 Å². The van der Waals surface area contributed by atoms with E-state index in [1.54, 1.807) is 12.1 Å². The monoisotopic (exact) mass is 446 g/mol. The highest BCUT2D eigenvalue weighted by atomic mass is 32.2. The number of aromatic nitrogens is 1. The topological polar surface area (TPSA) is 83.6 Å². The largest absolute Gasteiger partial charge is 0.454 e. The number of nitrogens with two attached hydrogens (primary N) is 1. The fourth-order valence-electron chi connectivity index (χ4n) is 4.36. The molecule has 0 bridgehead atoms. The van der Waals surface area contributed by atoms with E-state index in [1.807, 2.05) is 36.4 Å². The van der Waals surface area contributed by atoms with Crippen molar-refractivity contribution in [1.82, 2.24) is 4.57 Å². The summed E-state index contributed by atoms with van der Waals surface area (Å²) in [5.74, 6) is 1.43. The molecule has 1 aliphatic rings. The van der Waals surface area contributed by atoms with Crippen LogP contribution in [0.1, 0.15) is 11.3 Å². The summed E-state index contributed by atoms with van der Waals surface area (Å²) in [6, 6.07) is 22.7. The lowest BCUT2D eigenvalue weighted by atomic mass is 9.99. The summed E-state index contributed by atoms with van der Waals surface area (Å²) in [4.78, 5) is 0.0793. The molecule has 4 aromatic rings. The van der Waals surface area contributed by atoms with Crippen molar-refractivity contribution in [3.05, 3.63) is 84.1 Å². The molecule has 1 aromatic heterocycles. The molecule has 0 saturated heterocycles. The number of hydrogen-bond donors (Lipinski definition) is 1. The Kier molecular flexibility index (Phi) is 4.80.